The van der Waals surface area contributed by atoms with Gasteiger partial charge in [0.05, 0.1) is 17.6 Å². The van der Waals surface area contributed by atoms with Gasteiger partial charge in [0, 0.05) is 8.95 Å². The van der Waals surface area contributed by atoms with Gasteiger partial charge in [-0.05, 0) is 57.9 Å². The maximum atomic E-state index is 12.7. The van der Waals surface area contributed by atoms with Gasteiger partial charge in [-0.1, -0.05) is 28.1 Å². The van der Waals surface area contributed by atoms with Gasteiger partial charge in [0.15, 0.2) is 0 Å². The quantitative estimate of drug-likeness (QED) is 0.476. The van der Waals surface area contributed by atoms with E-state index in [1.165, 1.54) is 43.5 Å². The van der Waals surface area contributed by atoms with Crippen LogP contribution in [0.1, 0.15) is 15.9 Å². The van der Waals surface area contributed by atoms with Gasteiger partial charge in [-0.15, -0.1) is 0 Å². The predicted molar refractivity (Wildman–Crippen MR) is 100 cm³/mol. The molecule has 0 fully saturated rings. The van der Waals surface area contributed by atoms with Crippen molar-refractivity contribution in [2.24, 2.45) is 0 Å². The molecule has 0 saturated carbocycles. The minimum absolute atomic E-state index is 0.0131. The van der Waals surface area contributed by atoms with E-state index >= 15 is 0 Å². The van der Waals surface area contributed by atoms with Gasteiger partial charge in [-0.2, -0.15) is 5.26 Å². The summed E-state index contributed by atoms with van der Waals surface area (Å²) in [7, 11) is -2.73. The summed E-state index contributed by atoms with van der Waals surface area (Å²) in [6.07, 6.45) is 1.25. The fourth-order valence-corrected chi connectivity index (χ4v) is 4.61. The molecule has 128 valence electrons. The number of esters is 1. The molecule has 0 radical (unpaired) electrons. The number of benzene rings is 2. The summed E-state index contributed by atoms with van der Waals surface area (Å²) in [5.74, 6) is -0.498. The van der Waals surface area contributed by atoms with Crippen LogP contribution >= 0.6 is 31.9 Å². The predicted octanol–water partition coefficient (Wildman–Crippen LogP) is 4.34. The van der Waals surface area contributed by atoms with Crippen molar-refractivity contribution in [1.29, 1.82) is 5.26 Å². The number of ether oxygens (including phenoxy) is 1. The van der Waals surface area contributed by atoms with Crippen LogP contribution < -0.4 is 0 Å². The van der Waals surface area contributed by atoms with E-state index in [1.807, 2.05) is 0 Å². The minimum atomic E-state index is -4.00. The number of allylic oxidation sites excluding steroid dienone is 1. The summed E-state index contributed by atoms with van der Waals surface area (Å²) in [6.45, 7) is 0. The first kappa shape index (κ1) is 19.4. The molecule has 25 heavy (non-hydrogen) atoms. The van der Waals surface area contributed by atoms with E-state index in [1.54, 1.807) is 18.2 Å². The number of sulfone groups is 1. The Kier molecular flexibility index (Phi) is 6.16. The smallest absolute Gasteiger partial charge is 0.337 e. The van der Waals surface area contributed by atoms with Crippen molar-refractivity contribution in [1.82, 2.24) is 0 Å². The van der Waals surface area contributed by atoms with Crippen molar-refractivity contribution >= 4 is 53.7 Å². The average Bonchev–Trinajstić information content (AvgIpc) is 2.61. The zero-order valence-corrected chi connectivity index (χ0v) is 16.9. The van der Waals surface area contributed by atoms with Crippen molar-refractivity contribution < 1.29 is 17.9 Å². The zero-order valence-electron chi connectivity index (χ0n) is 12.9. The van der Waals surface area contributed by atoms with E-state index in [-0.39, 0.29) is 4.90 Å². The van der Waals surface area contributed by atoms with Crippen LogP contribution in [0.25, 0.3) is 6.08 Å². The number of nitrogens with zero attached hydrogens (tertiary/aromatic N) is 1. The van der Waals surface area contributed by atoms with E-state index in [0.29, 0.717) is 20.1 Å². The number of rotatable bonds is 4. The van der Waals surface area contributed by atoms with Crippen LogP contribution in [-0.4, -0.2) is 21.5 Å². The maximum absolute atomic E-state index is 12.7. The molecule has 0 aliphatic heterocycles. The fourth-order valence-electron chi connectivity index (χ4n) is 1.96. The molecule has 0 amide bonds. The summed E-state index contributed by atoms with van der Waals surface area (Å²) >= 11 is 6.42. The molecule has 0 aliphatic carbocycles. The lowest BCUT2D eigenvalue weighted by atomic mass is 10.1. The lowest BCUT2D eigenvalue weighted by Crippen LogP contribution is -2.05. The standard InChI is InChI=1S/C17H11Br2NO4S/c1-24-17(21)12-4-2-11(3-5-12)8-14(10-20)25(22,23)16-9-13(18)6-7-15(16)19/h2-9H,1H3. The summed E-state index contributed by atoms with van der Waals surface area (Å²) in [6, 6.07) is 12.5. The highest BCUT2D eigenvalue weighted by Gasteiger charge is 2.24. The molecule has 2 aromatic carbocycles. The van der Waals surface area contributed by atoms with E-state index < -0.39 is 20.7 Å². The molecule has 0 aromatic heterocycles. The maximum Gasteiger partial charge on any atom is 0.337 e. The zero-order chi connectivity index (χ0) is 18.6. The number of carbonyl (C=O) groups is 1. The average molecular weight is 485 g/mol. The second-order valence-corrected chi connectivity index (χ2v) is 8.47. The molecule has 0 heterocycles. The number of methoxy groups -OCH3 is 1. The normalized spacial score (nSPS) is 11.7. The van der Waals surface area contributed by atoms with E-state index in [0.717, 1.165) is 0 Å². The molecule has 8 heteroatoms. The molecule has 0 unspecified atom stereocenters. The third-order valence-electron chi connectivity index (χ3n) is 3.21. The topological polar surface area (TPSA) is 84.2 Å². The summed E-state index contributed by atoms with van der Waals surface area (Å²) in [5, 5.41) is 9.33. The largest absolute Gasteiger partial charge is 0.465 e. The second kappa shape index (κ2) is 7.95. The van der Waals surface area contributed by atoms with Crippen molar-refractivity contribution in [3.8, 4) is 6.07 Å². The van der Waals surface area contributed by atoms with Crippen LogP contribution in [0.2, 0.25) is 0 Å². The third-order valence-corrected chi connectivity index (χ3v) is 6.36. The number of halogens is 2. The molecular formula is C17H11Br2NO4S. The Hall–Kier alpha value is -1.95. The molecule has 0 bridgehead atoms. The van der Waals surface area contributed by atoms with Crippen molar-refractivity contribution in [3.05, 3.63) is 67.4 Å². The molecule has 0 aliphatic rings. The summed E-state index contributed by atoms with van der Waals surface area (Å²) < 4.78 is 31.0. The lowest BCUT2D eigenvalue weighted by molar-refractivity contribution is 0.0600. The lowest BCUT2D eigenvalue weighted by Gasteiger charge is -2.06. The molecule has 0 spiro atoms. The first-order valence-electron chi connectivity index (χ1n) is 6.80. The minimum Gasteiger partial charge on any atom is -0.465 e. The Bertz CT molecular complexity index is 990. The molecule has 0 N–H and O–H groups in total. The van der Waals surface area contributed by atoms with Crippen LogP contribution in [0.5, 0.6) is 0 Å². The van der Waals surface area contributed by atoms with Gasteiger partial charge in [-0.3, -0.25) is 0 Å². The number of hydrogen-bond acceptors (Lipinski definition) is 5. The van der Waals surface area contributed by atoms with Crippen LogP contribution in [0, 0.1) is 11.3 Å². The highest BCUT2D eigenvalue weighted by atomic mass is 79.9. The first-order chi connectivity index (χ1) is 11.8. The molecular weight excluding hydrogens is 474 g/mol. The fraction of sp³-hybridized carbons (Fsp3) is 0.0588. The van der Waals surface area contributed by atoms with Crippen LogP contribution in [0.4, 0.5) is 0 Å². The van der Waals surface area contributed by atoms with Gasteiger partial charge in [0.1, 0.15) is 11.0 Å². The van der Waals surface area contributed by atoms with Crippen LogP contribution in [0.3, 0.4) is 0 Å². The highest BCUT2D eigenvalue weighted by molar-refractivity contribution is 9.11. The van der Waals surface area contributed by atoms with Crippen LogP contribution in [0.15, 0.2) is 61.2 Å². The second-order valence-electron chi connectivity index (χ2n) is 4.81. The monoisotopic (exact) mass is 483 g/mol. The molecule has 0 saturated heterocycles. The highest BCUT2D eigenvalue weighted by Crippen LogP contribution is 2.30. The van der Waals surface area contributed by atoms with Gasteiger partial charge >= 0.3 is 5.97 Å². The van der Waals surface area contributed by atoms with Gasteiger partial charge in [-0.25, -0.2) is 13.2 Å². The molecule has 0 atom stereocenters. The van der Waals surface area contributed by atoms with Gasteiger partial charge < -0.3 is 4.74 Å². The van der Waals surface area contributed by atoms with Crippen molar-refractivity contribution in [2.75, 3.05) is 7.11 Å². The van der Waals surface area contributed by atoms with Gasteiger partial charge in [0.25, 0.3) is 0 Å². The summed E-state index contributed by atoms with van der Waals surface area (Å²) in [4.78, 5) is 11.0. The van der Waals surface area contributed by atoms with Crippen molar-refractivity contribution in [3.63, 3.8) is 0 Å². The van der Waals surface area contributed by atoms with Crippen molar-refractivity contribution in [2.45, 2.75) is 4.90 Å². The van der Waals surface area contributed by atoms with Gasteiger partial charge in [0.2, 0.25) is 9.84 Å². The molecule has 5 nitrogen and oxygen atoms in total. The SMILES string of the molecule is COC(=O)c1ccc(C=C(C#N)S(=O)(=O)c2cc(Br)ccc2Br)cc1. The Labute approximate surface area is 162 Å². The van der Waals surface area contributed by atoms with E-state index in [4.69, 9.17) is 0 Å². The van der Waals surface area contributed by atoms with Crippen LogP contribution in [-0.2, 0) is 14.6 Å². The number of nitriles is 1. The Balaban J connectivity index is 2.48. The molecule has 2 rings (SSSR count). The van der Waals surface area contributed by atoms with E-state index in [2.05, 4.69) is 36.6 Å². The summed E-state index contributed by atoms with van der Waals surface area (Å²) in [5.41, 5.74) is 0.801. The Morgan fingerprint density at radius 3 is 2.36 bits per heavy atom. The third kappa shape index (κ3) is 4.37. The first-order valence-corrected chi connectivity index (χ1v) is 9.87. The Morgan fingerprint density at radius 1 is 1.16 bits per heavy atom. The number of hydrogen-bond donors (Lipinski definition) is 0. The van der Waals surface area contributed by atoms with E-state index in [9.17, 15) is 18.5 Å². The Morgan fingerprint density at radius 2 is 1.80 bits per heavy atom. The number of carbonyl (C=O) groups excluding carboxylic acids is 1. The molecule has 2 aromatic rings.